The van der Waals surface area contributed by atoms with Crippen LogP contribution in [0.2, 0.25) is 0 Å². The first-order chi connectivity index (χ1) is 11.8. The van der Waals surface area contributed by atoms with Gasteiger partial charge in [0.2, 0.25) is 9.84 Å². The zero-order valence-electron chi connectivity index (χ0n) is 13.4. The number of ether oxygens (including phenoxy) is 1. The van der Waals surface area contributed by atoms with Gasteiger partial charge in [0.25, 0.3) is 20.2 Å². The molecule has 0 saturated heterocycles. The smallest absolute Gasteiger partial charge is 0.298 e. The van der Waals surface area contributed by atoms with E-state index in [1.807, 2.05) is 0 Å². The monoisotopic (exact) mass is 422 g/mol. The van der Waals surface area contributed by atoms with Crippen molar-refractivity contribution in [2.75, 3.05) is 7.11 Å². The van der Waals surface area contributed by atoms with Crippen molar-refractivity contribution < 1.29 is 39.1 Å². The molecule has 2 aromatic rings. The predicted octanol–water partition coefficient (Wildman–Crippen LogP) is 1.33. The molecule has 0 aliphatic carbocycles. The van der Waals surface area contributed by atoms with Crippen LogP contribution in [0.5, 0.6) is 5.75 Å². The maximum atomic E-state index is 12.7. The largest absolute Gasteiger partial charge is 0.495 e. The lowest BCUT2D eigenvalue weighted by atomic mass is 10.2. The molecule has 0 fully saturated rings. The van der Waals surface area contributed by atoms with Crippen molar-refractivity contribution in [2.45, 2.75) is 26.5 Å². The Hall–Kier alpha value is -1.99. The Balaban J connectivity index is 2.74. The molecule has 12 heteroatoms. The van der Waals surface area contributed by atoms with Crippen LogP contribution in [0.25, 0.3) is 0 Å². The Morgan fingerprint density at radius 1 is 0.769 bits per heavy atom. The minimum absolute atomic E-state index is 0.125. The molecular weight excluding hydrogens is 408 g/mol. The second kappa shape index (κ2) is 6.63. The predicted molar refractivity (Wildman–Crippen MR) is 89.3 cm³/mol. The molecule has 0 aromatic heterocycles. The third kappa shape index (κ3) is 3.88. The Bertz CT molecular complexity index is 1180. The summed E-state index contributed by atoms with van der Waals surface area (Å²) in [4.78, 5) is -2.36. The first kappa shape index (κ1) is 20.3. The molecule has 142 valence electrons. The summed E-state index contributed by atoms with van der Waals surface area (Å²) in [5.41, 5.74) is 0.125. The van der Waals surface area contributed by atoms with E-state index in [1.165, 1.54) is 13.0 Å². The second-order valence-corrected chi connectivity index (χ2v) is 9.92. The normalized spacial score (nSPS) is 12.8. The van der Waals surface area contributed by atoms with E-state index in [1.54, 1.807) is 0 Å². The third-order valence-electron chi connectivity index (χ3n) is 3.47. The van der Waals surface area contributed by atoms with Crippen molar-refractivity contribution >= 4 is 30.1 Å². The molecule has 2 rings (SSSR count). The number of methoxy groups -OCH3 is 1. The van der Waals surface area contributed by atoms with E-state index >= 15 is 0 Å². The Kier molecular flexibility index (Phi) is 5.18. The molecule has 26 heavy (non-hydrogen) atoms. The summed E-state index contributed by atoms with van der Waals surface area (Å²) in [5, 5.41) is 0. The average Bonchev–Trinajstić information content (AvgIpc) is 2.52. The van der Waals surface area contributed by atoms with E-state index in [9.17, 15) is 34.4 Å². The van der Waals surface area contributed by atoms with Crippen molar-refractivity contribution in [3.63, 3.8) is 0 Å². The minimum Gasteiger partial charge on any atom is -0.495 e. The molecule has 0 unspecified atom stereocenters. The molecule has 0 aliphatic rings. The summed E-state index contributed by atoms with van der Waals surface area (Å²) >= 11 is 0. The van der Waals surface area contributed by atoms with Gasteiger partial charge in [-0.25, -0.2) is 8.42 Å². The van der Waals surface area contributed by atoms with Gasteiger partial charge in [0.05, 0.1) is 21.8 Å². The number of rotatable bonds is 5. The van der Waals surface area contributed by atoms with Crippen LogP contribution in [0.4, 0.5) is 0 Å². The molecule has 2 aromatic carbocycles. The fourth-order valence-corrected chi connectivity index (χ4v) is 5.08. The quantitative estimate of drug-likeness (QED) is 0.679. The van der Waals surface area contributed by atoms with Gasteiger partial charge < -0.3 is 4.74 Å². The molecule has 0 heterocycles. The SMILES string of the molecule is COc1ccc(S(=O)(=O)c2ccc(C)c(S(=O)(=O)O)c2)cc1S(=O)(=O)O. The number of sulfone groups is 1. The van der Waals surface area contributed by atoms with Gasteiger partial charge in [-0.2, -0.15) is 16.8 Å². The number of hydrogen-bond donors (Lipinski definition) is 2. The van der Waals surface area contributed by atoms with E-state index < -0.39 is 49.7 Å². The maximum Gasteiger partial charge on any atom is 0.298 e. The van der Waals surface area contributed by atoms with Crippen molar-refractivity contribution in [1.29, 1.82) is 0 Å². The van der Waals surface area contributed by atoms with Crippen LogP contribution in [0.3, 0.4) is 0 Å². The van der Waals surface area contributed by atoms with E-state index in [-0.39, 0.29) is 11.3 Å². The highest BCUT2D eigenvalue weighted by molar-refractivity contribution is 7.91. The molecule has 0 amide bonds. The highest BCUT2D eigenvalue weighted by Gasteiger charge is 2.25. The minimum atomic E-state index is -4.77. The zero-order valence-corrected chi connectivity index (χ0v) is 15.9. The lowest BCUT2D eigenvalue weighted by molar-refractivity contribution is 0.397. The Morgan fingerprint density at radius 3 is 1.69 bits per heavy atom. The molecular formula is C14H14O9S3. The number of hydrogen-bond acceptors (Lipinski definition) is 7. The summed E-state index contributed by atoms with van der Waals surface area (Å²) < 4.78 is 94.2. The highest BCUT2D eigenvalue weighted by Crippen LogP contribution is 2.30. The summed E-state index contributed by atoms with van der Waals surface area (Å²) in [5.74, 6) is -0.269. The number of aryl methyl sites for hydroxylation is 1. The van der Waals surface area contributed by atoms with Crippen LogP contribution in [0, 0.1) is 6.92 Å². The fourth-order valence-electron chi connectivity index (χ4n) is 2.19. The number of benzene rings is 2. The van der Waals surface area contributed by atoms with Crippen LogP contribution >= 0.6 is 0 Å². The summed E-state index contributed by atoms with van der Waals surface area (Å²) in [6.07, 6.45) is 0. The van der Waals surface area contributed by atoms with E-state index in [0.29, 0.717) is 6.07 Å². The van der Waals surface area contributed by atoms with Gasteiger partial charge in [0, 0.05) is 0 Å². The molecule has 0 saturated carbocycles. The first-order valence-electron chi connectivity index (χ1n) is 6.77. The van der Waals surface area contributed by atoms with Crippen molar-refractivity contribution in [2.24, 2.45) is 0 Å². The van der Waals surface area contributed by atoms with Gasteiger partial charge >= 0.3 is 0 Å². The fraction of sp³-hybridized carbons (Fsp3) is 0.143. The van der Waals surface area contributed by atoms with Gasteiger partial charge in [-0.15, -0.1) is 0 Å². The lowest BCUT2D eigenvalue weighted by Crippen LogP contribution is -2.08. The van der Waals surface area contributed by atoms with Gasteiger partial charge in [-0.3, -0.25) is 9.11 Å². The van der Waals surface area contributed by atoms with Gasteiger partial charge in [0.15, 0.2) is 0 Å². The summed E-state index contributed by atoms with van der Waals surface area (Å²) in [6.45, 7) is 1.36. The second-order valence-electron chi connectivity index (χ2n) is 5.19. The lowest BCUT2D eigenvalue weighted by Gasteiger charge is -2.11. The third-order valence-corrected chi connectivity index (χ3v) is 7.09. The topological polar surface area (TPSA) is 152 Å². The van der Waals surface area contributed by atoms with Crippen LogP contribution in [0.1, 0.15) is 5.56 Å². The van der Waals surface area contributed by atoms with Gasteiger partial charge in [-0.1, -0.05) is 6.07 Å². The highest BCUT2D eigenvalue weighted by atomic mass is 32.2. The standard InChI is InChI=1S/C14H14O9S3/c1-9-3-4-10(7-13(9)25(17,18)19)24(15,16)11-5-6-12(23-2)14(8-11)26(20,21)22/h3-8H,1-2H3,(H,17,18,19)(H,20,21,22). The summed E-state index contributed by atoms with van der Waals surface area (Å²) in [7, 11) is -12.7. The van der Waals surface area contributed by atoms with E-state index in [4.69, 9.17) is 4.74 Å². The molecule has 0 spiro atoms. The van der Waals surface area contributed by atoms with Crippen molar-refractivity contribution in [1.82, 2.24) is 0 Å². The average molecular weight is 422 g/mol. The summed E-state index contributed by atoms with van der Waals surface area (Å²) in [6, 6.07) is 5.82. The first-order valence-corrected chi connectivity index (χ1v) is 11.1. The van der Waals surface area contributed by atoms with Crippen molar-refractivity contribution in [3.05, 3.63) is 42.0 Å². The van der Waals surface area contributed by atoms with Gasteiger partial charge in [-0.05, 0) is 42.8 Å². The maximum absolute atomic E-state index is 12.7. The van der Waals surface area contributed by atoms with Gasteiger partial charge in [0.1, 0.15) is 10.6 Å². The van der Waals surface area contributed by atoms with Crippen LogP contribution in [0.15, 0.2) is 56.0 Å². The molecule has 0 bridgehead atoms. The van der Waals surface area contributed by atoms with Crippen LogP contribution in [-0.4, -0.2) is 41.5 Å². The zero-order chi connectivity index (χ0) is 19.9. The Labute approximate surface area is 150 Å². The Morgan fingerprint density at radius 2 is 1.23 bits per heavy atom. The molecule has 9 nitrogen and oxygen atoms in total. The van der Waals surface area contributed by atoms with Crippen LogP contribution < -0.4 is 4.74 Å². The van der Waals surface area contributed by atoms with E-state index in [2.05, 4.69) is 0 Å². The van der Waals surface area contributed by atoms with E-state index in [0.717, 1.165) is 31.4 Å². The molecule has 2 N–H and O–H groups in total. The molecule has 0 aliphatic heterocycles. The van der Waals surface area contributed by atoms with Crippen molar-refractivity contribution in [3.8, 4) is 5.75 Å². The molecule has 0 atom stereocenters. The van der Waals surface area contributed by atoms with Crippen LogP contribution in [-0.2, 0) is 30.1 Å². The molecule has 0 radical (unpaired) electrons.